The molecule has 2 amide bonds. The average Bonchev–Trinajstić information content (AvgIpc) is 2.67. The van der Waals surface area contributed by atoms with Crippen LogP contribution in [0.5, 0.6) is 5.75 Å². The molecule has 1 saturated heterocycles. The van der Waals surface area contributed by atoms with Gasteiger partial charge in [-0.3, -0.25) is 19.9 Å². The molecule has 1 aromatic carbocycles. The SMILES string of the molecule is COc1ccc(S(=O)(=O)C(C(=O)N2CCOCC2)N(NC(C)=O)OC)cc1. The van der Waals surface area contributed by atoms with Gasteiger partial charge in [0.1, 0.15) is 5.75 Å². The van der Waals surface area contributed by atoms with Crippen LogP contribution in [0.15, 0.2) is 29.2 Å². The number of sulfone groups is 1. The highest BCUT2D eigenvalue weighted by atomic mass is 32.2. The molecule has 1 aliphatic heterocycles. The normalized spacial score (nSPS) is 16.1. The monoisotopic (exact) mass is 401 g/mol. The predicted octanol–water partition coefficient (Wildman–Crippen LogP) is -0.432. The molecule has 1 unspecified atom stereocenters. The van der Waals surface area contributed by atoms with Crippen molar-refractivity contribution in [2.24, 2.45) is 0 Å². The van der Waals surface area contributed by atoms with E-state index in [0.29, 0.717) is 24.1 Å². The quantitative estimate of drug-likeness (QED) is 0.612. The first kappa shape index (κ1) is 21.1. The summed E-state index contributed by atoms with van der Waals surface area (Å²) in [6, 6.07) is 5.60. The Hall–Kier alpha value is -2.21. The van der Waals surface area contributed by atoms with Crippen LogP contribution in [-0.4, -0.2) is 76.2 Å². The van der Waals surface area contributed by atoms with Gasteiger partial charge in [-0.05, 0) is 24.3 Å². The summed E-state index contributed by atoms with van der Waals surface area (Å²) < 4.78 is 36.6. The van der Waals surface area contributed by atoms with Gasteiger partial charge in [-0.2, -0.15) is 0 Å². The average molecular weight is 401 g/mol. The Morgan fingerprint density at radius 2 is 1.78 bits per heavy atom. The van der Waals surface area contributed by atoms with Gasteiger partial charge in [0.2, 0.25) is 21.1 Å². The molecule has 1 atom stereocenters. The van der Waals surface area contributed by atoms with Crippen molar-refractivity contribution >= 4 is 21.7 Å². The summed E-state index contributed by atoms with van der Waals surface area (Å²) in [5.41, 5.74) is 2.24. The van der Waals surface area contributed by atoms with Crippen LogP contribution >= 0.6 is 0 Å². The molecule has 0 bridgehead atoms. The number of rotatable bonds is 7. The maximum atomic E-state index is 13.2. The van der Waals surface area contributed by atoms with E-state index in [9.17, 15) is 18.0 Å². The van der Waals surface area contributed by atoms with Crippen LogP contribution in [0.1, 0.15) is 6.92 Å². The smallest absolute Gasteiger partial charge is 0.260 e. The van der Waals surface area contributed by atoms with Gasteiger partial charge < -0.3 is 14.4 Å². The molecule has 11 heteroatoms. The van der Waals surface area contributed by atoms with Crippen LogP contribution in [0.4, 0.5) is 0 Å². The van der Waals surface area contributed by atoms with Crippen molar-refractivity contribution in [1.29, 1.82) is 0 Å². The van der Waals surface area contributed by atoms with Crippen LogP contribution < -0.4 is 10.2 Å². The number of hydrogen-bond donors (Lipinski definition) is 1. The summed E-state index contributed by atoms with van der Waals surface area (Å²) >= 11 is 0. The Kier molecular flexibility index (Phi) is 7.13. The van der Waals surface area contributed by atoms with E-state index in [-0.39, 0.29) is 18.0 Å². The second-order valence-electron chi connectivity index (χ2n) is 5.69. The Morgan fingerprint density at radius 1 is 1.19 bits per heavy atom. The molecular weight excluding hydrogens is 378 g/mol. The van der Waals surface area contributed by atoms with Crippen LogP contribution in [0.2, 0.25) is 0 Å². The minimum absolute atomic E-state index is 0.109. The highest BCUT2D eigenvalue weighted by Gasteiger charge is 2.43. The lowest BCUT2D eigenvalue weighted by Crippen LogP contribution is -2.59. The number of hydrogen-bond acceptors (Lipinski definition) is 8. The largest absolute Gasteiger partial charge is 0.497 e. The summed E-state index contributed by atoms with van der Waals surface area (Å²) in [6.45, 7) is 2.26. The van der Waals surface area contributed by atoms with Crippen LogP contribution in [0.3, 0.4) is 0 Å². The molecule has 0 saturated carbocycles. The lowest BCUT2D eigenvalue weighted by molar-refractivity contribution is -0.194. The third-order valence-electron chi connectivity index (χ3n) is 3.89. The number of nitrogens with zero attached hydrogens (tertiary/aromatic N) is 2. The van der Waals surface area contributed by atoms with Crippen LogP contribution in [-0.2, 0) is 29.0 Å². The number of nitrogens with one attached hydrogen (secondary N) is 1. The van der Waals surface area contributed by atoms with E-state index in [4.69, 9.17) is 14.3 Å². The first-order valence-corrected chi connectivity index (χ1v) is 9.71. The summed E-state index contributed by atoms with van der Waals surface area (Å²) in [4.78, 5) is 30.8. The molecule has 10 nitrogen and oxygen atoms in total. The van der Waals surface area contributed by atoms with E-state index >= 15 is 0 Å². The van der Waals surface area contributed by atoms with Crippen molar-refractivity contribution in [3.63, 3.8) is 0 Å². The Bertz CT molecular complexity index is 761. The number of morpholine rings is 1. The fourth-order valence-electron chi connectivity index (χ4n) is 2.55. The maximum absolute atomic E-state index is 13.2. The van der Waals surface area contributed by atoms with Gasteiger partial charge in [0, 0.05) is 20.0 Å². The molecule has 0 aromatic heterocycles. The molecule has 1 fully saturated rings. The van der Waals surface area contributed by atoms with E-state index < -0.39 is 27.0 Å². The van der Waals surface area contributed by atoms with E-state index in [1.165, 1.54) is 50.3 Å². The molecule has 2 rings (SSSR count). The number of amides is 2. The molecule has 1 aliphatic rings. The van der Waals surface area contributed by atoms with Crippen molar-refractivity contribution < 1.29 is 32.3 Å². The van der Waals surface area contributed by atoms with Crippen LogP contribution in [0, 0.1) is 0 Å². The minimum atomic E-state index is -4.23. The summed E-state index contributed by atoms with van der Waals surface area (Å²) in [5.74, 6) is -0.832. The van der Waals surface area contributed by atoms with Crippen molar-refractivity contribution in [3.8, 4) is 5.75 Å². The van der Waals surface area contributed by atoms with Gasteiger partial charge in [-0.1, -0.05) is 5.17 Å². The third-order valence-corrected chi connectivity index (χ3v) is 5.80. The summed E-state index contributed by atoms with van der Waals surface area (Å²) in [7, 11) is -1.61. The number of carbonyl (C=O) groups is 2. The highest BCUT2D eigenvalue weighted by Crippen LogP contribution is 2.23. The van der Waals surface area contributed by atoms with Gasteiger partial charge in [0.15, 0.2) is 0 Å². The van der Waals surface area contributed by atoms with E-state index in [1.807, 2.05) is 0 Å². The van der Waals surface area contributed by atoms with Crippen molar-refractivity contribution in [2.75, 3.05) is 40.5 Å². The number of ether oxygens (including phenoxy) is 2. The highest BCUT2D eigenvalue weighted by molar-refractivity contribution is 7.92. The number of hydrazine groups is 1. The van der Waals surface area contributed by atoms with E-state index in [0.717, 1.165) is 0 Å². The standard InChI is InChI=1S/C16H23N3O7S/c1-12(20)17-19(25-3)16(15(21)18-8-10-26-11-9-18)27(22,23)14-6-4-13(24-2)5-7-14/h4-7,16H,8-11H2,1-3H3,(H,17,20). The van der Waals surface area contributed by atoms with Gasteiger partial charge >= 0.3 is 0 Å². The fraction of sp³-hybridized carbons (Fsp3) is 0.500. The Balaban J connectivity index is 2.44. The number of methoxy groups -OCH3 is 1. The molecular formula is C16H23N3O7S. The maximum Gasteiger partial charge on any atom is 0.260 e. The molecule has 1 aromatic rings. The molecule has 1 N–H and O–H groups in total. The first-order chi connectivity index (χ1) is 12.8. The number of hydroxylamine groups is 1. The van der Waals surface area contributed by atoms with Crippen molar-refractivity contribution in [1.82, 2.24) is 15.5 Å². The second-order valence-corrected chi connectivity index (χ2v) is 7.69. The lowest BCUT2D eigenvalue weighted by atomic mass is 10.3. The van der Waals surface area contributed by atoms with Gasteiger partial charge in [-0.15, -0.1) is 0 Å². The molecule has 0 spiro atoms. The fourth-order valence-corrected chi connectivity index (χ4v) is 4.13. The number of carbonyl (C=O) groups excluding carboxylic acids is 2. The predicted molar refractivity (Wildman–Crippen MR) is 94.0 cm³/mol. The molecule has 1 heterocycles. The van der Waals surface area contributed by atoms with E-state index in [1.54, 1.807) is 0 Å². The van der Waals surface area contributed by atoms with Gasteiger partial charge in [0.05, 0.1) is 32.3 Å². The number of benzene rings is 1. The van der Waals surface area contributed by atoms with E-state index in [2.05, 4.69) is 5.43 Å². The molecule has 150 valence electrons. The Morgan fingerprint density at radius 3 is 2.26 bits per heavy atom. The van der Waals surface area contributed by atoms with Gasteiger partial charge in [-0.25, -0.2) is 8.42 Å². The zero-order chi connectivity index (χ0) is 20.0. The zero-order valence-corrected chi connectivity index (χ0v) is 16.2. The topological polar surface area (TPSA) is 114 Å². The third kappa shape index (κ3) is 4.95. The van der Waals surface area contributed by atoms with Crippen LogP contribution in [0.25, 0.3) is 0 Å². The van der Waals surface area contributed by atoms with Crippen molar-refractivity contribution in [2.45, 2.75) is 17.2 Å². The molecule has 0 radical (unpaired) electrons. The molecule has 0 aliphatic carbocycles. The minimum Gasteiger partial charge on any atom is -0.497 e. The first-order valence-electron chi connectivity index (χ1n) is 8.16. The van der Waals surface area contributed by atoms with Gasteiger partial charge in [0.25, 0.3) is 5.91 Å². The summed E-state index contributed by atoms with van der Waals surface area (Å²) in [5, 5.41) is -1.14. The van der Waals surface area contributed by atoms with Crippen molar-refractivity contribution in [3.05, 3.63) is 24.3 Å². The molecule has 27 heavy (non-hydrogen) atoms. The summed E-state index contributed by atoms with van der Waals surface area (Å²) in [6.07, 6.45) is 0. The Labute approximate surface area is 157 Å². The second kappa shape index (κ2) is 9.13. The lowest BCUT2D eigenvalue weighted by Gasteiger charge is -2.34. The zero-order valence-electron chi connectivity index (χ0n) is 15.4.